The number of fused-ring (bicyclic) bond motifs is 1. The van der Waals surface area contributed by atoms with Gasteiger partial charge in [-0.25, -0.2) is 4.79 Å². The number of benzene rings is 2. The topological polar surface area (TPSA) is 101 Å². The number of ether oxygens (including phenoxy) is 4. The Labute approximate surface area is 197 Å². The van der Waals surface area contributed by atoms with E-state index in [9.17, 15) is 14.7 Å². The molecular formula is C25H30N2O7. The van der Waals surface area contributed by atoms with Gasteiger partial charge in [-0.15, -0.1) is 0 Å². The zero-order valence-corrected chi connectivity index (χ0v) is 19.7. The third-order valence-corrected chi connectivity index (χ3v) is 5.98. The summed E-state index contributed by atoms with van der Waals surface area (Å²) in [4.78, 5) is 27.2. The van der Waals surface area contributed by atoms with Crippen molar-refractivity contribution in [2.75, 3.05) is 34.0 Å². The molecule has 0 saturated carbocycles. The smallest absolute Gasteiger partial charge is 0.332 e. The van der Waals surface area contributed by atoms with Crippen molar-refractivity contribution in [2.45, 2.75) is 38.5 Å². The van der Waals surface area contributed by atoms with Crippen LogP contribution in [0.15, 0.2) is 46.0 Å². The van der Waals surface area contributed by atoms with Crippen molar-refractivity contribution in [2.24, 2.45) is 0 Å². The van der Waals surface area contributed by atoms with Crippen LogP contribution in [-0.2, 0) is 11.3 Å². The van der Waals surface area contributed by atoms with Gasteiger partial charge in [0.15, 0.2) is 11.5 Å². The molecule has 2 heterocycles. The van der Waals surface area contributed by atoms with E-state index in [2.05, 4.69) is 0 Å². The van der Waals surface area contributed by atoms with Crippen molar-refractivity contribution in [3.63, 3.8) is 0 Å². The Balaban J connectivity index is 1.86. The summed E-state index contributed by atoms with van der Waals surface area (Å²) in [6, 6.07) is 10.3. The van der Waals surface area contributed by atoms with E-state index < -0.39 is 11.7 Å². The van der Waals surface area contributed by atoms with Crippen LogP contribution in [0.3, 0.4) is 0 Å². The maximum Gasteiger partial charge on any atom is 0.332 e. The van der Waals surface area contributed by atoms with Gasteiger partial charge in [-0.3, -0.25) is 13.9 Å². The number of methoxy groups -OCH3 is 2. The molecule has 1 aliphatic heterocycles. The van der Waals surface area contributed by atoms with Crippen molar-refractivity contribution < 1.29 is 24.1 Å². The molecule has 1 fully saturated rings. The second kappa shape index (κ2) is 10.3. The zero-order chi connectivity index (χ0) is 24.2. The van der Waals surface area contributed by atoms with Gasteiger partial charge in [0, 0.05) is 19.3 Å². The van der Waals surface area contributed by atoms with Crippen LogP contribution in [0, 0.1) is 0 Å². The summed E-state index contributed by atoms with van der Waals surface area (Å²) >= 11 is 0. The Morgan fingerprint density at radius 2 is 1.79 bits per heavy atom. The van der Waals surface area contributed by atoms with Crippen LogP contribution in [0.1, 0.15) is 31.4 Å². The molecular weight excluding hydrogens is 440 g/mol. The second-order valence-electron chi connectivity index (χ2n) is 8.42. The van der Waals surface area contributed by atoms with Gasteiger partial charge in [0.25, 0.3) is 5.56 Å². The molecule has 1 N–H and O–H groups in total. The molecule has 1 saturated heterocycles. The highest BCUT2D eigenvalue weighted by Crippen LogP contribution is 2.28. The van der Waals surface area contributed by atoms with Gasteiger partial charge in [-0.1, -0.05) is 6.07 Å². The van der Waals surface area contributed by atoms with Crippen LogP contribution in [0.2, 0.25) is 0 Å². The number of aliphatic hydroxyl groups excluding tert-OH is 1. The van der Waals surface area contributed by atoms with Gasteiger partial charge in [0.2, 0.25) is 0 Å². The van der Waals surface area contributed by atoms with Crippen molar-refractivity contribution >= 4 is 10.9 Å². The molecule has 1 aromatic heterocycles. The molecule has 0 bridgehead atoms. The highest BCUT2D eigenvalue weighted by molar-refractivity contribution is 5.80. The molecule has 1 atom stereocenters. The molecule has 9 heteroatoms. The Bertz CT molecular complexity index is 1270. The lowest BCUT2D eigenvalue weighted by Crippen LogP contribution is -2.42. The molecule has 1 unspecified atom stereocenters. The molecule has 0 spiro atoms. The highest BCUT2D eigenvalue weighted by Gasteiger charge is 2.23. The maximum absolute atomic E-state index is 13.6. The van der Waals surface area contributed by atoms with E-state index >= 15 is 0 Å². The Morgan fingerprint density at radius 3 is 2.47 bits per heavy atom. The first-order valence-electron chi connectivity index (χ1n) is 11.3. The van der Waals surface area contributed by atoms with Gasteiger partial charge in [-0.2, -0.15) is 0 Å². The molecule has 9 nitrogen and oxygen atoms in total. The minimum atomic E-state index is -0.645. The van der Waals surface area contributed by atoms with E-state index in [0.29, 0.717) is 54.2 Å². The van der Waals surface area contributed by atoms with Crippen molar-refractivity contribution in [3.05, 3.63) is 62.8 Å². The lowest BCUT2D eigenvalue weighted by molar-refractivity contribution is 0.0691. The van der Waals surface area contributed by atoms with Crippen LogP contribution >= 0.6 is 0 Å². The summed E-state index contributed by atoms with van der Waals surface area (Å²) in [6.07, 6.45) is 0.724. The van der Waals surface area contributed by atoms with E-state index in [-0.39, 0.29) is 24.9 Å². The average molecular weight is 471 g/mol. The first-order valence-corrected chi connectivity index (χ1v) is 11.3. The lowest BCUT2D eigenvalue weighted by atomic mass is 10.1. The van der Waals surface area contributed by atoms with Gasteiger partial charge in [0.05, 0.1) is 37.8 Å². The second-order valence-corrected chi connectivity index (χ2v) is 8.42. The molecule has 1 aliphatic rings. The monoisotopic (exact) mass is 470 g/mol. The van der Waals surface area contributed by atoms with Gasteiger partial charge >= 0.3 is 5.69 Å². The molecule has 0 radical (unpaired) electrons. The van der Waals surface area contributed by atoms with Crippen molar-refractivity contribution in [1.29, 1.82) is 0 Å². The highest BCUT2D eigenvalue weighted by atomic mass is 16.5. The third-order valence-electron chi connectivity index (χ3n) is 5.98. The zero-order valence-electron chi connectivity index (χ0n) is 19.7. The van der Waals surface area contributed by atoms with Gasteiger partial charge < -0.3 is 24.1 Å². The Morgan fingerprint density at radius 1 is 1.06 bits per heavy atom. The van der Waals surface area contributed by atoms with E-state index in [1.807, 2.05) is 0 Å². The fourth-order valence-corrected chi connectivity index (χ4v) is 4.27. The first kappa shape index (κ1) is 23.8. The molecule has 3 aromatic rings. The minimum absolute atomic E-state index is 0.0785. The summed E-state index contributed by atoms with van der Waals surface area (Å²) in [6.45, 7) is 2.92. The normalized spacial score (nSPS) is 15.3. The van der Waals surface area contributed by atoms with E-state index in [1.54, 1.807) is 55.0 Å². The molecule has 34 heavy (non-hydrogen) atoms. The quantitative estimate of drug-likeness (QED) is 0.539. The lowest BCUT2D eigenvalue weighted by Gasteiger charge is -2.26. The summed E-state index contributed by atoms with van der Waals surface area (Å²) in [5, 5.41) is 9.94. The number of hydrogen-bond acceptors (Lipinski definition) is 7. The molecule has 2 aromatic carbocycles. The van der Waals surface area contributed by atoms with Crippen LogP contribution in [0.25, 0.3) is 10.9 Å². The predicted octanol–water partition coefficient (Wildman–Crippen LogP) is 2.34. The SMILES string of the molecule is COc1ccc(Cn2c(=O)c3cc(OCC(C)O)ccc3n(C3CCOCC3)c2=O)cc1OC. The van der Waals surface area contributed by atoms with E-state index in [4.69, 9.17) is 18.9 Å². The van der Waals surface area contributed by atoms with Crippen LogP contribution in [0.4, 0.5) is 0 Å². The van der Waals surface area contributed by atoms with Crippen molar-refractivity contribution in [3.8, 4) is 17.2 Å². The van der Waals surface area contributed by atoms with Gasteiger partial charge in [0.1, 0.15) is 12.4 Å². The average Bonchev–Trinajstić information content (AvgIpc) is 2.86. The molecule has 0 amide bonds. The van der Waals surface area contributed by atoms with E-state index in [0.717, 1.165) is 5.56 Å². The largest absolute Gasteiger partial charge is 0.493 e. The number of aromatic nitrogens is 2. The minimum Gasteiger partial charge on any atom is -0.493 e. The fourth-order valence-electron chi connectivity index (χ4n) is 4.27. The summed E-state index contributed by atoms with van der Waals surface area (Å²) in [7, 11) is 3.09. The fraction of sp³-hybridized carbons (Fsp3) is 0.440. The number of aliphatic hydroxyl groups is 1. The van der Waals surface area contributed by atoms with Crippen LogP contribution in [0.5, 0.6) is 17.2 Å². The predicted molar refractivity (Wildman–Crippen MR) is 127 cm³/mol. The standard InChI is InChI=1S/C25H30N2O7/c1-16(28)15-34-19-5-6-21-20(13-19)24(29)26(25(30)27(21)18-8-10-33-11-9-18)14-17-4-7-22(31-2)23(12-17)32-3/h4-7,12-13,16,18,28H,8-11,14-15H2,1-3H3. The Kier molecular flexibility index (Phi) is 7.23. The Hall–Kier alpha value is -3.30. The van der Waals surface area contributed by atoms with Crippen LogP contribution < -0.4 is 25.5 Å². The van der Waals surface area contributed by atoms with Crippen molar-refractivity contribution in [1.82, 2.24) is 9.13 Å². The summed E-state index contributed by atoms with van der Waals surface area (Å²) in [5.74, 6) is 1.55. The van der Waals surface area contributed by atoms with E-state index in [1.165, 1.54) is 11.7 Å². The number of nitrogens with zero attached hydrogens (tertiary/aromatic N) is 2. The molecule has 4 rings (SSSR count). The molecule has 182 valence electrons. The number of rotatable bonds is 8. The van der Waals surface area contributed by atoms with Gasteiger partial charge in [-0.05, 0) is 55.7 Å². The maximum atomic E-state index is 13.6. The summed E-state index contributed by atoms with van der Waals surface area (Å²) < 4.78 is 24.7. The molecule has 0 aliphatic carbocycles. The third kappa shape index (κ3) is 4.80. The van der Waals surface area contributed by atoms with Crippen LogP contribution in [-0.4, -0.2) is 54.4 Å². The number of hydrogen-bond donors (Lipinski definition) is 1. The first-order chi connectivity index (χ1) is 16.4. The summed E-state index contributed by atoms with van der Waals surface area (Å²) in [5.41, 5.74) is 0.531.